The standard InChI is InChI=1S/C9H16N4O2/c1-4-15-9(14)8-11-7(12-13-8)6(10)5(2)3/h5-6H,4,10H2,1-3H3,(H,11,12,13). The molecule has 0 spiro atoms. The molecule has 0 saturated heterocycles. The average molecular weight is 212 g/mol. The van der Waals surface area contributed by atoms with Crippen molar-refractivity contribution in [1.29, 1.82) is 0 Å². The second kappa shape index (κ2) is 4.88. The van der Waals surface area contributed by atoms with Crippen LogP contribution in [0.25, 0.3) is 0 Å². The molecule has 0 aliphatic rings. The van der Waals surface area contributed by atoms with Crippen molar-refractivity contribution in [3.05, 3.63) is 11.6 Å². The van der Waals surface area contributed by atoms with Crippen LogP contribution < -0.4 is 5.73 Å². The molecular formula is C9H16N4O2. The number of hydrogen-bond acceptors (Lipinski definition) is 5. The van der Waals surface area contributed by atoms with Gasteiger partial charge in [0.2, 0.25) is 0 Å². The van der Waals surface area contributed by atoms with Crippen molar-refractivity contribution >= 4 is 5.97 Å². The highest BCUT2D eigenvalue weighted by atomic mass is 16.5. The van der Waals surface area contributed by atoms with Crippen molar-refractivity contribution in [2.45, 2.75) is 26.8 Å². The van der Waals surface area contributed by atoms with Crippen LogP contribution in [-0.2, 0) is 4.74 Å². The molecule has 0 fully saturated rings. The molecule has 0 aliphatic heterocycles. The van der Waals surface area contributed by atoms with Crippen molar-refractivity contribution in [3.8, 4) is 0 Å². The molecule has 1 rings (SSSR count). The summed E-state index contributed by atoms with van der Waals surface area (Å²) >= 11 is 0. The molecule has 1 aromatic rings. The number of ether oxygens (including phenoxy) is 1. The largest absolute Gasteiger partial charge is 0.460 e. The maximum Gasteiger partial charge on any atom is 0.378 e. The normalized spacial score (nSPS) is 12.9. The number of rotatable bonds is 4. The predicted octanol–water partition coefficient (Wildman–Crippen LogP) is 0.637. The Kier molecular flexibility index (Phi) is 3.79. The third-order valence-corrected chi connectivity index (χ3v) is 1.99. The van der Waals surface area contributed by atoms with Gasteiger partial charge in [-0.15, -0.1) is 5.10 Å². The molecule has 1 heterocycles. The van der Waals surface area contributed by atoms with Crippen molar-refractivity contribution in [3.63, 3.8) is 0 Å². The van der Waals surface area contributed by atoms with Gasteiger partial charge in [0.05, 0.1) is 12.6 Å². The van der Waals surface area contributed by atoms with Crippen LogP contribution >= 0.6 is 0 Å². The van der Waals surface area contributed by atoms with E-state index in [1.54, 1.807) is 6.92 Å². The van der Waals surface area contributed by atoms with Gasteiger partial charge in [0, 0.05) is 0 Å². The van der Waals surface area contributed by atoms with Gasteiger partial charge in [-0.25, -0.2) is 9.78 Å². The zero-order chi connectivity index (χ0) is 11.4. The van der Waals surface area contributed by atoms with Crippen LogP contribution in [0.5, 0.6) is 0 Å². The summed E-state index contributed by atoms with van der Waals surface area (Å²) in [6.07, 6.45) is 0. The fraction of sp³-hybridized carbons (Fsp3) is 0.667. The van der Waals surface area contributed by atoms with Crippen LogP contribution in [-0.4, -0.2) is 27.8 Å². The Balaban J connectivity index is 2.76. The van der Waals surface area contributed by atoms with Crippen LogP contribution in [0.4, 0.5) is 0 Å². The number of H-pyrrole nitrogens is 1. The molecule has 0 amide bonds. The third kappa shape index (κ3) is 2.76. The number of nitrogens with zero attached hydrogens (tertiary/aromatic N) is 2. The zero-order valence-corrected chi connectivity index (χ0v) is 9.15. The number of nitrogens with two attached hydrogens (primary N) is 1. The van der Waals surface area contributed by atoms with E-state index in [1.807, 2.05) is 13.8 Å². The maximum absolute atomic E-state index is 11.2. The van der Waals surface area contributed by atoms with E-state index >= 15 is 0 Å². The lowest BCUT2D eigenvalue weighted by Crippen LogP contribution is -2.18. The van der Waals surface area contributed by atoms with E-state index in [0.717, 1.165) is 0 Å². The summed E-state index contributed by atoms with van der Waals surface area (Å²) in [5.74, 6) is 0.236. The average Bonchev–Trinajstić information content (AvgIpc) is 2.65. The number of esters is 1. The Bertz CT molecular complexity index is 335. The molecule has 0 radical (unpaired) electrons. The summed E-state index contributed by atoms with van der Waals surface area (Å²) in [5, 5.41) is 6.39. The van der Waals surface area contributed by atoms with E-state index in [4.69, 9.17) is 10.5 Å². The summed E-state index contributed by atoms with van der Waals surface area (Å²) in [4.78, 5) is 15.2. The van der Waals surface area contributed by atoms with E-state index in [2.05, 4.69) is 15.2 Å². The number of aromatic amines is 1. The van der Waals surface area contributed by atoms with Gasteiger partial charge in [0.15, 0.2) is 0 Å². The maximum atomic E-state index is 11.2. The predicted molar refractivity (Wildman–Crippen MR) is 54.1 cm³/mol. The molecule has 0 saturated carbocycles. The molecule has 3 N–H and O–H groups in total. The lowest BCUT2D eigenvalue weighted by atomic mass is 10.1. The number of carbonyl (C=O) groups excluding carboxylic acids is 1. The van der Waals surface area contributed by atoms with Gasteiger partial charge >= 0.3 is 5.97 Å². The highest BCUT2D eigenvalue weighted by Crippen LogP contribution is 2.14. The van der Waals surface area contributed by atoms with Gasteiger partial charge in [-0.05, 0) is 12.8 Å². The highest BCUT2D eigenvalue weighted by Gasteiger charge is 2.18. The first-order chi connectivity index (χ1) is 7.06. The van der Waals surface area contributed by atoms with Crippen molar-refractivity contribution in [2.75, 3.05) is 6.61 Å². The van der Waals surface area contributed by atoms with Gasteiger partial charge in [-0.1, -0.05) is 13.8 Å². The molecule has 15 heavy (non-hydrogen) atoms. The van der Waals surface area contributed by atoms with Crippen LogP contribution in [0.15, 0.2) is 0 Å². The highest BCUT2D eigenvalue weighted by molar-refractivity contribution is 5.84. The van der Waals surface area contributed by atoms with Gasteiger partial charge < -0.3 is 10.5 Å². The summed E-state index contributed by atoms with van der Waals surface area (Å²) in [6, 6.07) is -0.249. The lowest BCUT2D eigenvalue weighted by Gasteiger charge is -2.10. The fourth-order valence-electron chi connectivity index (χ4n) is 1.03. The van der Waals surface area contributed by atoms with Gasteiger partial charge in [-0.3, -0.25) is 5.10 Å². The molecule has 1 aromatic heterocycles. The quantitative estimate of drug-likeness (QED) is 0.714. The van der Waals surface area contributed by atoms with Gasteiger partial charge in [-0.2, -0.15) is 0 Å². The SMILES string of the molecule is CCOC(=O)c1n[nH]c(C(N)C(C)C)n1. The van der Waals surface area contributed by atoms with E-state index in [-0.39, 0.29) is 17.8 Å². The molecule has 6 nitrogen and oxygen atoms in total. The Hall–Kier alpha value is -1.43. The lowest BCUT2D eigenvalue weighted by molar-refractivity contribution is 0.0512. The van der Waals surface area contributed by atoms with E-state index in [9.17, 15) is 4.79 Å². The first-order valence-electron chi connectivity index (χ1n) is 4.91. The number of carbonyl (C=O) groups is 1. The summed E-state index contributed by atoms with van der Waals surface area (Å²) in [6.45, 7) is 5.97. The van der Waals surface area contributed by atoms with Crippen LogP contribution in [0.1, 0.15) is 43.3 Å². The van der Waals surface area contributed by atoms with Crippen LogP contribution in [0.3, 0.4) is 0 Å². The monoisotopic (exact) mass is 212 g/mol. The number of nitrogens with one attached hydrogen (secondary N) is 1. The first-order valence-corrected chi connectivity index (χ1v) is 4.91. The van der Waals surface area contributed by atoms with Crippen LogP contribution in [0, 0.1) is 5.92 Å². The molecule has 84 valence electrons. The Morgan fingerprint density at radius 3 is 2.80 bits per heavy atom. The molecule has 0 aromatic carbocycles. The number of aromatic nitrogens is 3. The molecule has 0 bridgehead atoms. The van der Waals surface area contributed by atoms with Gasteiger partial charge in [0.1, 0.15) is 5.82 Å². The molecule has 0 aliphatic carbocycles. The molecule has 1 atom stereocenters. The minimum Gasteiger partial charge on any atom is -0.460 e. The minimum atomic E-state index is -0.532. The zero-order valence-electron chi connectivity index (χ0n) is 9.15. The Morgan fingerprint density at radius 2 is 2.27 bits per heavy atom. The fourth-order valence-corrected chi connectivity index (χ4v) is 1.03. The molecule has 1 unspecified atom stereocenters. The van der Waals surface area contributed by atoms with E-state index < -0.39 is 5.97 Å². The number of hydrogen-bond donors (Lipinski definition) is 2. The third-order valence-electron chi connectivity index (χ3n) is 1.99. The second-order valence-corrected chi connectivity index (χ2v) is 3.53. The second-order valence-electron chi connectivity index (χ2n) is 3.53. The van der Waals surface area contributed by atoms with Crippen LogP contribution in [0.2, 0.25) is 0 Å². The summed E-state index contributed by atoms with van der Waals surface area (Å²) in [5.41, 5.74) is 5.84. The van der Waals surface area contributed by atoms with Crippen molar-refractivity contribution < 1.29 is 9.53 Å². The van der Waals surface area contributed by atoms with E-state index in [0.29, 0.717) is 12.4 Å². The smallest absolute Gasteiger partial charge is 0.378 e. The van der Waals surface area contributed by atoms with E-state index in [1.165, 1.54) is 0 Å². The van der Waals surface area contributed by atoms with Gasteiger partial charge in [0.25, 0.3) is 5.82 Å². The topological polar surface area (TPSA) is 93.9 Å². The molecule has 6 heteroatoms. The molecular weight excluding hydrogens is 196 g/mol. The van der Waals surface area contributed by atoms with Crippen molar-refractivity contribution in [2.24, 2.45) is 11.7 Å². The van der Waals surface area contributed by atoms with Crippen molar-refractivity contribution in [1.82, 2.24) is 15.2 Å². The Labute approximate surface area is 88.2 Å². The minimum absolute atomic E-state index is 0.0305. The Morgan fingerprint density at radius 1 is 1.60 bits per heavy atom. The first kappa shape index (κ1) is 11.6. The summed E-state index contributed by atoms with van der Waals surface area (Å²) in [7, 11) is 0. The summed E-state index contributed by atoms with van der Waals surface area (Å²) < 4.78 is 4.76.